The van der Waals surface area contributed by atoms with Gasteiger partial charge in [-0.15, -0.1) is 0 Å². The van der Waals surface area contributed by atoms with Crippen LogP contribution in [0, 0.1) is 6.92 Å². The Morgan fingerprint density at radius 1 is 0.966 bits per heavy atom. The Hall–Kier alpha value is -3.51. The zero-order chi connectivity index (χ0) is 20.3. The van der Waals surface area contributed by atoms with Gasteiger partial charge in [0.2, 0.25) is 11.7 Å². The van der Waals surface area contributed by atoms with Crippen molar-refractivity contribution in [3.8, 4) is 5.88 Å². The first-order valence-electron chi connectivity index (χ1n) is 8.92. The number of nitrogens with one attached hydrogen (secondary N) is 1. The minimum absolute atomic E-state index is 0.0329. The first-order valence-corrected chi connectivity index (χ1v) is 9.30. The number of nitrogens with zero attached hydrogens (tertiary/aromatic N) is 1. The third-order valence-corrected chi connectivity index (χ3v) is 5.38. The molecule has 29 heavy (non-hydrogen) atoms. The number of ketones is 2. The molecule has 1 aliphatic carbocycles. The van der Waals surface area contributed by atoms with Gasteiger partial charge in [-0.3, -0.25) is 14.4 Å². The highest BCUT2D eigenvalue weighted by Crippen LogP contribution is 2.45. The fourth-order valence-electron chi connectivity index (χ4n) is 3.87. The van der Waals surface area contributed by atoms with Crippen LogP contribution in [0.1, 0.15) is 43.6 Å². The highest BCUT2D eigenvalue weighted by Gasteiger charge is 2.44. The van der Waals surface area contributed by atoms with Crippen LogP contribution in [0.2, 0.25) is 5.02 Å². The first-order chi connectivity index (χ1) is 14.0. The molecular weight excluding hydrogens is 392 g/mol. The third-order valence-electron chi connectivity index (χ3n) is 5.13. The lowest BCUT2D eigenvalue weighted by Crippen LogP contribution is -2.35. The minimum Gasteiger partial charge on any atom is -0.434 e. The van der Waals surface area contributed by atoms with Gasteiger partial charge in [-0.25, -0.2) is 0 Å². The Labute approximate surface area is 169 Å². The van der Waals surface area contributed by atoms with E-state index in [0.29, 0.717) is 22.0 Å². The number of allylic oxidation sites excluding steroid dienone is 2. The number of aromatic nitrogens is 2. The monoisotopic (exact) mass is 404 g/mol. The van der Waals surface area contributed by atoms with Crippen LogP contribution in [0.15, 0.2) is 64.7 Å². The Balaban J connectivity index is 1.83. The van der Waals surface area contributed by atoms with Gasteiger partial charge in [-0.2, -0.15) is 4.98 Å². The smallest absolute Gasteiger partial charge is 0.258 e. The van der Waals surface area contributed by atoms with Gasteiger partial charge >= 0.3 is 0 Å². The summed E-state index contributed by atoms with van der Waals surface area (Å²) in [6, 6.07) is 13.4. The Kier molecular flexibility index (Phi) is 3.79. The topological polar surface area (TPSA) is 89.1 Å². The number of H-pyrrole nitrogens is 1. The minimum atomic E-state index is -0.798. The van der Waals surface area contributed by atoms with Gasteiger partial charge in [-0.05, 0) is 24.6 Å². The number of aryl methyl sites for hydroxylation is 1. The predicted octanol–water partition coefficient (Wildman–Crippen LogP) is 3.59. The molecule has 5 rings (SSSR count). The van der Waals surface area contributed by atoms with Crippen molar-refractivity contribution in [3.05, 3.63) is 103 Å². The van der Waals surface area contributed by atoms with Crippen LogP contribution in [0.5, 0.6) is 5.88 Å². The molecule has 0 saturated heterocycles. The average Bonchev–Trinajstić information content (AvgIpc) is 2.71. The maximum atomic E-state index is 13.4. The van der Waals surface area contributed by atoms with Crippen LogP contribution in [0.25, 0.3) is 0 Å². The highest BCUT2D eigenvalue weighted by molar-refractivity contribution is 6.30. The predicted molar refractivity (Wildman–Crippen MR) is 106 cm³/mol. The van der Waals surface area contributed by atoms with Gasteiger partial charge in [0.15, 0.2) is 11.5 Å². The second kappa shape index (κ2) is 6.25. The molecule has 1 aliphatic heterocycles. The molecular formula is C22H13ClN2O4. The van der Waals surface area contributed by atoms with Crippen LogP contribution in [-0.2, 0) is 0 Å². The molecule has 0 fully saturated rings. The average molecular weight is 405 g/mol. The molecule has 0 saturated carbocycles. The maximum absolute atomic E-state index is 13.4. The van der Waals surface area contributed by atoms with E-state index in [4.69, 9.17) is 16.3 Å². The number of Topliss-reactive ketones (excluding diaryl/α,β-unsaturated/α-hetero) is 2. The Bertz CT molecular complexity index is 1310. The number of fused-ring (bicyclic) bond motifs is 2. The van der Waals surface area contributed by atoms with Crippen LogP contribution in [0.4, 0.5) is 0 Å². The summed E-state index contributed by atoms with van der Waals surface area (Å²) >= 11 is 6.02. The summed E-state index contributed by atoms with van der Waals surface area (Å²) in [5, 5.41) is 0.516. The number of rotatable bonds is 1. The molecule has 0 spiro atoms. The molecule has 2 aromatic carbocycles. The summed E-state index contributed by atoms with van der Waals surface area (Å²) in [6.45, 7) is 1.62. The van der Waals surface area contributed by atoms with Gasteiger partial charge in [-0.1, -0.05) is 48.0 Å². The standard InChI is InChI=1S/C22H13ClN2O4/c1-10-24-21(28)17-15(11-6-8-12(23)9-7-11)16-18(26)13-4-2-3-5-14(13)19(27)20(16)29-22(17)25-10/h2-9,15H,1H3,(H,24,25,28). The van der Waals surface area contributed by atoms with Crippen LogP contribution in [-0.4, -0.2) is 21.5 Å². The van der Waals surface area contributed by atoms with Crippen molar-refractivity contribution in [1.82, 2.24) is 9.97 Å². The van der Waals surface area contributed by atoms with Crippen molar-refractivity contribution in [1.29, 1.82) is 0 Å². The summed E-state index contributed by atoms with van der Waals surface area (Å²) in [4.78, 5) is 46.3. The molecule has 2 heterocycles. The number of ether oxygens (including phenoxy) is 1. The molecule has 6 nitrogen and oxygen atoms in total. The third kappa shape index (κ3) is 2.57. The quantitative estimate of drug-likeness (QED) is 0.669. The number of carbonyl (C=O) groups excluding carboxylic acids is 2. The van der Waals surface area contributed by atoms with Crippen molar-refractivity contribution in [2.45, 2.75) is 12.8 Å². The second-order valence-electron chi connectivity index (χ2n) is 6.90. The molecule has 1 unspecified atom stereocenters. The maximum Gasteiger partial charge on any atom is 0.258 e. The Morgan fingerprint density at radius 2 is 1.62 bits per heavy atom. The van der Waals surface area contributed by atoms with E-state index in [1.165, 1.54) is 0 Å². The number of benzene rings is 2. The van der Waals surface area contributed by atoms with E-state index in [2.05, 4.69) is 9.97 Å². The summed E-state index contributed by atoms with van der Waals surface area (Å²) in [5.74, 6) is -1.25. The van der Waals surface area contributed by atoms with Crippen LogP contribution in [0.3, 0.4) is 0 Å². The van der Waals surface area contributed by atoms with Crippen LogP contribution < -0.4 is 10.3 Å². The molecule has 2 aliphatic rings. The largest absolute Gasteiger partial charge is 0.434 e. The fourth-order valence-corrected chi connectivity index (χ4v) is 3.99. The molecule has 1 N–H and O–H groups in total. The zero-order valence-corrected chi connectivity index (χ0v) is 15.9. The SMILES string of the molecule is Cc1nc2c(c(=O)[nH]1)C(c1ccc(Cl)cc1)C1=C(O2)C(=O)c2ccccc2C1=O. The van der Waals surface area contributed by atoms with E-state index >= 15 is 0 Å². The molecule has 0 bridgehead atoms. The summed E-state index contributed by atoms with van der Waals surface area (Å²) in [6.07, 6.45) is 0. The normalized spacial score (nSPS) is 17.4. The molecule has 0 radical (unpaired) electrons. The molecule has 7 heteroatoms. The molecule has 142 valence electrons. The van der Waals surface area contributed by atoms with E-state index in [1.54, 1.807) is 55.5 Å². The fraction of sp³-hybridized carbons (Fsp3) is 0.0909. The molecule has 3 aromatic rings. The lowest BCUT2D eigenvalue weighted by molar-refractivity contribution is 0.0924. The number of carbonyl (C=O) groups is 2. The van der Waals surface area contributed by atoms with Crippen molar-refractivity contribution in [2.24, 2.45) is 0 Å². The van der Waals surface area contributed by atoms with Crippen LogP contribution >= 0.6 is 11.6 Å². The van der Waals surface area contributed by atoms with Crippen molar-refractivity contribution in [2.75, 3.05) is 0 Å². The highest BCUT2D eigenvalue weighted by atomic mass is 35.5. The van der Waals surface area contributed by atoms with Gasteiger partial charge in [0, 0.05) is 16.1 Å². The van der Waals surface area contributed by atoms with E-state index in [9.17, 15) is 14.4 Å². The summed E-state index contributed by atoms with van der Waals surface area (Å²) in [5.41, 5.74) is 1.12. The summed E-state index contributed by atoms with van der Waals surface area (Å²) in [7, 11) is 0. The van der Waals surface area contributed by atoms with Gasteiger partial charge < -0.3 is 9.72 Å². The number of aromatic amines is 1. The number of halogens is 1. The van der Waals surface area contributed by atoms with Crippen molar-refractivity contribution >= 4 is 23.2 Å². The van der Waals surface area contributed by atoms with E-state index in [1.807, 2.05) is 0 Å². The van der Waals surface area contributed by atoms with Gasteiger partial charge in [0.1, 0.15) is 5.82 Å². The lowest BCUT2D eigenvalue weighted by atomic mass is 9.75. The second-order valence-corrected chi connectivity index (χ2v) is 7.34. The van der Waals surface area contributed by atoms with Crippen molar-refractivity contribution in [3.63, 3.8) is 0 Å². The molecule has 1 atom stereocenters. The number of hydrogen-bond donors (Lipinski definition) is 1. The van der Waals surface area contributed by atoms with E-state index in [-0.39, 0.29) is 34.1 Å². The Morgan fingerprint density at radius 3 is 2.31 bits per heavy atom. The van der Waals surface area contributed by atoms with Gasteiger partial charge in [0.05, 0.1) is 17.1 Å². The van der Waals surface area contributed by atoms with Crippen molar-refractivity contribution < 1.29 is 14.3 Å². The summed E-state index contributed by atoms with van der Waals surface area (Å²) < 4.78 is 5.76. The zero-order valence-electron chi connectivity index (χ0n) is 15.2. The molecule has 1 aromatic heterocycles. The first kappa shape index (κ1) is 17.6. The number of hydrogen-bond acceptors (Lipinski definition) is 5. The van der Waals surface area contributed by atoms with E-state index < -0.39 is 17.3 Å². The molecule has 0 amide bonds. The van der Waals surface area contributed by atoms with Gasteiger partial charge in [0.25, 0.3) is 5.56 Å². The lowest BCUT2D eigenvalue weighted by Gasteiger charge is -2.31. The van der Waals surface area contributed by atoms with E-state index in [0.717, 1.165) is 0 Å².